The van der Waals surface area contributed by atoms with Gasteiger partial charge in [-0.3, -0.25) is 5.41 Å². The summed E-state index contributed by atoms with van der Waals surface area (Å²) in [5, 5.41) is 13.8. The van der Waals surface area contributed by atoms with E-state index < -0.39 is 6.02 Å². The molecule has 0 aliphatic rings. The molecule has 0 saturated carbocycles. The number of amidine groups is 1. The third-order valence-corrected chi connectivity index (χ3v) is 0.156. The van der Waals surface area contributed by atoms with Crippen LogP contribution in [0.5, 0.6) is 0 Å². The Hall–Kier alpha value is -1.24. The molecule has 0 aromatic carbocycles. The van der Waals surface area contributed by atoms with Crippen LogP contribution in [0.25, 0.3) is 0 Å². The van der Waals surface area contributed by atoms with E-state index in [1.807, 2.05) is 0 Å². The summed E-state index contributed by atoms with van der Waals surface area (Å²) < 4.78 is 3.71. The van der Waals surface area contributed by atoms with Gasteiger partial charge in [-0.05, 0) is 0 Å². The normalized spacial score (nSPS) is 5.83. The van der Waals surface area contributed by atoms with Crippen LogP contribution >= 0.6 is 0 Å². The minimum Gasteiger partial charge on any atom is -0.353 e. The molecule has 0 heterocycles. The maximum atomic E-state index is 7.54. The molecule has 0 atom stereocenters. The van der Waals surface area contributed by atoms with Crippen LogP contribution < -0.4 is 5.73 Å². The first kappa shape index (κ1) is 4.76. The van der Waals surface area contributed by atoms with Gasteiger partial charge in [-0.2, -0.15) is 0 Å². The quantitative estimate of drug-likeness (QED) is 0.233. The van der Waals surface area contributed by atoms with Crippen molar-refractivity contribution in [2.45, 2.75) is 0 Å². The second kappa shape index (κ2) is 2.03. The molecule has 0 rings (SSSR count). The van der Waals surface area contributed by atoms with Gasteiger partial charge in [-0.15, -0.1) is 5.26 Å². The summed E-state index contributed by atoms with van der Waals surface area (Å²) in [6.45, 7) is 0. The SMILES string of the molecule is N#COC(=N)N. The van der Waals surface area contributed by atoms with Gasteiger partial charge in [-0.1, -0.05) is 0 Å². The third kappa shape index (κ3) is 2.76. The summed E-state index contributed by atoms with van der Waals surface area (Å²) in [4.78, 5) is 0. The Labute approximate surface area is 34.6 Å². The largest absolute Gasteiger partial charge is 0.353 e. The fourth-order valence-electron chi connectivity index (χ4n) is 0.0492. The van der Waals surface area contributed by atoms with E-state index in [1.165, 1.54) is 6.26 Å². The molecule has 0 bridgehead atoms. The molecule has 0 aromatic heterocycles. The Morgan fingerprint density at radius 1 is 2.00 bits per heavy atom. The first-order valence-electron chi connectivity index (χ1n) is 1.17. The van der Waals surface area contributed by atoms with Crippen LogP contribution in [0.15, 0.2) is 0 Å². The molecular formula is C2H3N3O. The number of nitrogens with zero attached hydrogens (tertiary/aromatic N) is 1. The highest BCUT2D eigenvalue weighted by Gasteiger charge is 1.76. The first-order valence-corrected chi connectivity index (χ1v) is 1.17. The molecule has 0 radical (unpaired) electrons. The van der Waals surface area contributed by atoms with Crippen molar-refractivity contribution < 1.29 is 4.74 Å². The van der Waals surface area contributed by atoms with Gasteiger partial charge in [0.25, 0.3) is 12.3 Å². The van der Waals surface area contributed by atoms with Crippen LogP contribution in [0, 0.1) is 16.9 Å². The summed E-state index contributed by atoms with van der Waals surface area (Å²) in [6.07, 6.45) is 1.22. The summed E-state index contributed by atoms with van der Waals surface area (Å²) in [5.74, 6) is 0. The minimum absolute atomic E-state index is 0.572. The summed E-state index contributed by atoms with van der Waals surface area (Å²) >= 11 is 0. The maximum Gasteiger partial charge on any atom is 0.296 e. The Kier molecular flexibility index (Phi) is 1.61. The number of nitriles is 1. The second-order valence-corrected chi connectivity index (χ2v) is 0.558. The van der Waals surface area contributed by atoms with Crippen LogP contribution in [-0.4, -0.2) is 6.02 Å². The lowest BCUT2D eigenvalue weighted by atomic mass is 11.2. The van der Waals surface area contributed by atoms with Crippen molar-refractivity contribution in [2.24, 2.45) is 5.73 Å². The van der Waals surface area contributed by atoms with E-state index in [0.717, 1.165) is 0 Å². The predicted molar refractivity (Wildman–Crippen MR) is 18.6 cm³/mol. The van der Waals surface area contributed by atoms with Gasteiger partial charge in [0.2, 0.25) is 0 Å². The number of nitrogens with two attached hydrogens (primary N) is 1. The van der Waals surface area contributed by atoms with Crippen LogP contribution in [0.1, 0.15) is 0 Å². The highest BCUT2D eigenvalue weighted by atomic mass is 16.5. The van der Waals surface area contributed by atoms with Crippen LogP contribution in [0.4, 0.5) is 0 Å². The molecule has 32 valence electrons. The molecule has 0 amide bonds. The zero-order valence-electron chi connectivity index (χ0n) is 2.93. The molecule has 0 aromatic rings. The van der Waals surface area contributed by atoms with Gasteiger partial charge in [0.15, 0.2) is 0 Å². The second-order valence-electron chi connectivity index (χ2n) is 0.558. The van der Waals surface area contributed by atoms with E-state index in [-0.39, 0.29) is 0 Å². The molecule has 4 nitrogen and oxygen atoms in total. The lowest BCUT2D eigenvalue weighted by Gasteiger charge is -1.80. The number of hydrogen-bond acceptors (Lipinski definition) is 3. The van der Waals surface area contributed by atoms with Gasteiger partial charge in [0.1, 0.15) is 0 Å². The van der Waals surface area contributed by atoms with E-state index in [1.54, 1.807) is 0 Å². The molecule has 6 heavy (non-hydrogen) atoms. The zero-order chi connectivity index (χ0) is 4.99. The van der Waals surface area contributed by atoms with E-state index in [9.17, 15) is 0 Å². The predicted octanol–water partition coefficient (Wildman–Crippen LogP) is -0.622. The van der Waals surface area contributed by atoms with Crippen molar-refractivity contribution >= 4 is 6.02 Å². The van der Waals surface area contributed by atoms with Crippen molar-refractivity contribution in [3.63, 3.8) is 0 Å². The fraction of sp³-hybridized carbons (Fsp3) is 0. The average molecular weight is 85.1 g/mol. The van der Waals surface area contributed by atoms with E-state index in [2.05, 4.69) is 10.5 Å². The van der Waals surface area contributed by atoms with Crippen molar-refractivity contribution in [1.82, 2.24) is 0 Å². The Morgan fingerprint density at radius 3 is 2.50 bits per heavy atom. The third-order valence-electron chi connectivity index (χ3n) is 0.156. The van der Waals surface area contributed by atoms with Crippen LogP contribution in [-0.2, 0) is 4.74 Å². The highest BCUT2D eigenvalue weighted by molar-refractivity contribution is 5.68. The molecule has 0 saturated heterocycles. The lowest BCUT2D eigenvalue weighted by molar-refractivity contribution is 0.486. The monoisotopic (exact) mass is 85.0 g/mol. The van der Waals surface area contributed by atoms with E-state index >= 15 is 0 Å². The van der Waals surface area contributed by atoms with E-state index in [0.29, 0.717) is 0 Å². The van der Waals surface area contributed by atoms with Gasteiger partial charge in [-0.25, -0.2) is 0 Å². The lowest BCUT2D eigenvalue weighted by Crippen LogP contribution is -2.10. The van der Waals surface area contributed by atoms with Crippen molar-refractivity contribution in [2.75, 3.05) is 0 Å². The van der Waals surface area contributed by atoms with Crippen LogP contribution in [0.3, 0.4) is 0 Å². The topological polar surface area (TPSA) is 82.9 Å². The van der Waals surface area contributed by atoms with Crippen molar-refractivity contribution in [1.29, 1.82) is 10.7 Å². The van der Waals surface area contributed by atoms with Gasteiger partial charge >= 0.3 is 0 Å². The van der Waals surface area contributed by atoms with Crippen LogP contribution in [0.2, 0.25) is 0 Å². The zero-order valence-corrected chi connectivity index (χ0v) is 2.93. The molecule has 0 unspecified atom stereocenters. The molecule has 0 spiro atoms. The number of nitrogens with one attached hydrogen (secondary N) is 1. The number of ether oxygens (including phenoxy) is 1. The van der Waals surface area contributed by atoms with Crippen molar-refractivity contribution in [3.8, 4) is 6.26 Å². The molecule has 0 fully saturated rings. The molecule has 3 N–H and O–H groups in total. The van der Waals surface area contributed by atoms with Gasteiger partial charge in [0.05, 0.1) is 0 Å². The standard InChI is InChI=1S/C2H3N3O/c3-1-6-2(4)5/h(H3,4,5). The maximum absolute atomic E-state index is 7.54. The average Bonchev–Trinajstić information content (AvgIpc) is 1.35. The molecule has 4 heteroatoms. The Morgan fingerprint density at radius 2 is 2.50 bits per heavy atom. The molecule has 0 aliphatic heterocycles. The fourth-order valence-corrected chi connectivity index (χ4v) is 0.0492. The van der Waals surface area contributed by atoms with Crippen molar-refractivity contribution in [3.05, 3.63) is 0 Å². The van der Waals surface area contributed by atoms with Gasteiger partial charge in [0, 0.05) is 0 Å². The summed E-state index contributed by atoms with van der Waals surface area (Å²) in [7, 11) is 0. The van der Waals surface area contributed by atoms with E-state index in [4.69, 9.17) is 10.7 Å². The molecular weight excluding hydrogens is 82.0 g/mol. The summed E-state index contributed by atoms with van der Waals surface area (Å²) in [5.41, 5.74) is 4.54. The highest BCUT2D eigenvalue weighted by Crippen LogP contribution is 1.57. The summed E-state index contributed by atoms with van der Waals surface area (Å²) in [6, 6.07) is -0.572. The first-order chi connectivity index (χ1) is 2.77. The Balaban J connectivity index is 3.13. The number of rotatable bonds is 0. The number of hydrogen-bond donors (Lipinski definition) is 2. The van der Waals surface area contributed by atoms with Gasteiger partial charge < -0.3 is 10.5 Å². The minimum atomic E-state index is -0.572. The molecule has 0 aliphatic carbocycles. The Bertz CT molecular complexity index is 91.5. The smallest absolute Gasteiger partial charge is 0.296 e.